The van der Waals surface area contributed by atoms with Gasteiger partial charge < -0.3 is 5.32 Å². The van der Waals surface area contributed by atoms with E-state index in [4.69, 9.17) is 11.6 Å². The molecule has 2 rings (SSSR count). The summed E-state index contributed by atoms with van der Waals surface area (Å²) < 4.78 is 40.1. The van der Waals surface area contributed by atoms with Crippen LogP contribution in [0.1, 0.15) is 6.92 Å². The number of nitrogens with one attached hydrogen (secondary N) is 2. The van der Waals surface area contributed by atoms with Crippen molar-refractivity contribution >= 4 is 33.0 Å². The Morgan fingerprint density at radius 3 is 2.71 bits per heavy atom. The molecule has 0 fully saturated rings. The van der Waals surface area contributed by atoms with Crippen molar-refractivity contribution in [3.05, 3.63) is 47.5 Å². The molecule has 0 spiro atoms. The molecule has 1 aromatic carbocycles. The summed E-state index contributed by atoms with van der Waals surface area (Å²) in [6.07, 6.45) is 2.72. The highest BCUT2D eigenvalue weighted by Gasteiger charge is 2.20. The molecule has 0 amide bonds. The van der Waals surface area contributed by atoms with E-state index in [0.29, 0.717) is 12.2 Å². The van der Waals surface area contributed by atoms with Crippen molar-refractivity contribution in [3.63, 3.8) is 0 Å². The lowest BCUT2D eigenvalue weighted by Gasteiger charge is -2.13. The van der Waals surface area contributed by atoms with Gasteiger partial charge in [-0.3, -0.25) is 9.71 Å². The topological polar surface area (TPSA) is 71.1 Å². The SMILES string of the molecule is CCNc1ccncc1S(=O)(=O)Nc1ccc(F)cc1Cl. The highest BCUT2D eigenvalue weighted by Crippen LogP contribution is 2.27. The molecule has 1 aromatic heterocycles. The number of sulfonamides is 1. The van der Waals surface area contributed by atoms with E-state index in [0.717, 1.165) is 12.1 Å². The third-order valence-corrected chi connectivity index (χ3v) is 4.32. The van der Waals surface area contributed by atoms with Crippen LogP contribution in [0.5, 0.6) is 0 Å². The Morgan fingerprint density at radius 2 is 2.05 bits per heavy atom. The second kappa shape index (κ2) is 6.28. The van der Waals surface area contributed by atoms with E-state index in [2.05, 4.69) is 15.0 Å². The molecule has 0 unspecified atom stereocenters. The van der Waals surface area contributed by atoms with Crippen LogP contribution in [0.15, 0.2) is 41.6 Å². The lowest BCUT2D eigenvalue weighted by atomic mass is 10.3. The summed E-state index contributed by atoms with van der Waals surface area (Å²) in [7, 11) is -3.88. The quantitative estimate of drug-likeness (QED) is 0.884. The Kier molecular flexibility index (Phi) is 4.64. The number of pyridine rings is 1. The smallest absolute Gasteiger partial charge is 0.265 e. The molecule has 8 heteroatoms. The average Bonchev–Trinajstić information content (AvgIpc) is 2.43. The lowest BCUT2D eigenvalue weighted by molar-refractivity contribution is 0.601. The van der Waals surface area contributed by atoms with Crippen molar-refractivity contribution in [2.24, 2.45) is 0 Å². The zero-order valence-corrected chi connectivity index (χ0v) is 12.7. The molecular weight excluding hydrogens is 317 g/mol. The molecule has 0 saturated carbocycles. The maximum absolute atomic E-state index is 13.0. The molecule has 0 aliphatic heterocycles. The van der Waals surface area contributed by atoms with E-state index in [9.17, 15) is 12.8 Å². The van der Waals surface area contributed by atoms with E-state index < -0.39 is 15.8 Å². The zero-order chi connectivity index (χ0) is 15.5. The van der Waals surface area contributed by atoms with Gasteiger partial charge in [-0.05, 0) is 31.2 Å². The summed E-state index contributed by atoms with van der Waals surface area (Å²) in [6.45, 7) is 2.41. The van der Waals surface area contributed by atoms with Gasteiger partial charge in [-0.15, -0.1) is 0 Å². The van der Waals surface area contributed by atoms with Crippen molar-refractivity contribution in [1.29, 1.82) is 0 Å². The molecule has 0 radical (unpaired) electrons. The Bertz CT molecular complexity index is 753. The lowest BCUT2D eigenvalue weighted by Crippen LogP contribution is -2.16. The maximum Gasteiger partial charge on any atom is 0.265 e. The molecule has 112 valence electrons. The standard InChI is InChI=1S/C13H13ClFN3O2S/c1-2-17-12-5-6-16-8-13(12)21(19,20)18-11-4-3-9(15)7-10(11)14/h3-8,18H,2H2,1H3,(H,16,17). The fraction of sp³-hybridized carbons (Fsp3) is 0.154. The number of halogens is 2. The zero-order valence-electron chi connectivity index (χ0n) is 11.1. The largest absolute Gasteiger partial charge is 0.384 e. The van der Waals surface area contributed by atoms with Crippen molar-refractivity contribution < 1.29 is 12.8 Å². The normalized spacial score (nSPS) is 11.2. The first-order valence-electron chi connectivity index (χ1n) is 6.10. The van der Waals surface area contributed by atoms with Gasteiger partial charge in [0.15, 0.2) is 0 Å². The van der Waals surface area contributed by atoms with Crippen LogP contribution in [0.3, 0.4) is 0 Å². The summed E-state index contributed by atoms with van der Waals surface area (Å²) in [6, 6.07) is 4.98. The molecular formula is C13H13ClFN3O2S. The predicted molar refractivity (Wildman–Crippen MR) is 80.6 cm³/mol. The minimum atomic E-state index is -3.88. The molecule has 0 aliphatic carbocycles. The van der Waals surface area contributed by atoms with Crippen LogP contribution < -0.4 is 10.0 Å². The van der Waals surface area contributed by atoms with Gasteiger partial charge in [0.05, 0.1) is 16.4 Å². The average molecular weight is 330 g/mol. The van der Waals surface area contributed by atoms with Crippen LogP contribution in [0.2, 0.25) is 5.02 Å². The molecule has 21 heavy (non-hydrogen) atoms. The Balaban J connectivity index is 2.39. The minimum Gasteiger partial charge on any atom is -0.384 e. The number of benzene rings is 1. The fourth-order valence-electron chi connectivity index (χ4n) is 1.70. The van der Waals surface area contributed by atoms with E-state index >= 15 is 0 Å². The monoisotopic (exact) mass is 329 g/mol. The number of rotatable bonds is 5. The molecule has 1 heterocycles. The Hall–Kier alpha value is -1.86. The Labute approximate surface area is 127 Å². The first-order valence-corrected chi connectivity index (χ1v) is 7.96. The first-order chi connectivity index (χ1) is 9.94. The van der Waals surface area contributed by atoms with E-state index in [1.807, 2.05) is 6.92 Å². The summed E-state index contributed by atoms with van der Waals surface area (Å²) in [4.78, 5) is 3.81. The van der Waals surface area contributed by atoms with E-state index in [1.54, 1.807) is 6.07 Å². The fourth-order valence-corrected chi connectivity index (χ4v) is 3.18. The highest BCUT2D eigenvalue weighted by molar-refractivity contribution is 7.92. The number of nitrogens with zero attached hydrogens (tertiary/aromatic N) is 1. The molecule has 0 atom stereocenters. The predicted octanol–water partition coefficient (Wildman–Crippen LogP) is 3.11. The molecule has 0 bridgehead atoms. The summed E-state index contributed by atoms with van der Waals surface area (Å²) in [5.41, 5.74) is 0.530. The van der Waals surface area contributed by atoms with Gasteiger partial charge in [0.1, 0.15) is 10.7 Å². The minimum absolute atomic E-state index is 0.00718. The third-order valence-electron chi connectivity index (χ3n) is 2.62. The van der Waals surface area contributed by atoms with Crippen LogP contribution in [-0.4, -0.2) is 19.9 Å². The van der Waals surface area contributed by atoms with Crippen molar-refractivity contribution in [3.8, 4) is 0 Å². The molecule has 2 N–H and O–H groups in total. The number of aromatic nitrogens is 1. The van der Waals surface area contributed by atoms with Crippen LogP contribution in [0, 0.1) is 5.82 Å². The number of hydrogen-bond acceptors (Lipinski definition) is 4. The van der Waals surface area contributed by atoms with Gasteiger partial charge in [-0.2, -0.15) is 0 Å². The van der Waals surface area contributed by atoms with Crippen molar-refractivity contribution in [2.75, 3.05) is 16.6 Å². The molecule has 0 aliphatic rings. The van der Waals surface area contributed by atoms with Crippen LogP contribution in [-0.2, 0) is 10.0 Å². The highest BCUT2D eigenvalue weighted by atomic mass is 35.5. The first kappa shape index (κ1) is 15.5. The molecule has 5 nitrogen and oxygen atoms in total. The summed E-state index contributed by atoms with van der Waals surface area (Å²) >= 11 is 5.83. The van der Waals surface area contributed by atoms with Gasteiger partial charge >= 0.3 is 0 Å². The summed E-state index contributed by atoms with van der Waals surface area (Å²) in [5, 5.41) is 2.92. The van der Waals surface area contributed by atoms with Gasteiger partial charge in [0.25, 0.3) is 10.0 Å². The van der Waals surface area contributed by atoms with Gasteiger partial charge in [-0.1, -0.05) is 11.6 Å². The van der Waals surface area contributed by atoms with Gasteiger partial charge in [-0.25, -0.2) is 12.8 Å². The molecule has 2 aromatic rings. The van der Waals surface area contributed by atoms with Crippen LogP contribution in [0.25, 0.3) is 0 Å². The third kappa shape index (κ3) is 3.62. The number of anilines is 2. The van der Waals surface area contributed by atoms with Gasteiger partial charge in [0.2, 0.25) is 0 Å². The Morgan fingerprint density at radius 1 is 1.29 bits per heavy atom. The van der Waals surface area contributed by atoms with Crippen molar-refractivity contribution in [2.45, 2.75) is 11.8 Å². The van der Waals surface area contributed by atoms with Crippen molar-refractivity contribution in [1.82, 2.24) is 4.98 Å². The molecule has 0 saturated heterocycles. The van der Waals surface area contributed by atoms with Crippen LogP contribution >= 0.6 is 11.6 Å². The van der Waals surface area contributed by atoms with Gasteiger partial charge in [0, 0.05) is 18.9 Å². The second-order valence-electron chi connectivity index (χ2n) is 4.13. The van der Waals surface area contributed by atoms with E-state index in [1.165, 1.54) is 18.5 Å². The van der Waals surface area contributed by atoms with Crippen LogP contribution in [0.4, 0.5) is 15.8 Å². The van der Waals surface area contributed by atoms with E-state index in [-0.39, 0.29) is 15.6 Å². The summed E-state index contributed by atoms with van der Waals surface area (Å²) in [5.74, 6) is -0.544. The second-order valence-corrected chi connectivity index (χ2v) is 6.19. The number of hydrogen-bond donors (Lipinski definition) is 2. The maximum atomic E-state index is 13.0.